The first kappa shape index (κ1) is 14.3. The van der Waals surface area contributed by atoms with Crippen LogP contribution in [0.15, 0.2) is 12.7 Å². The summed E-state index contributed by atoms with van der Waals surface area (Å²) in [5.74, 6) is -1.13. The maximum atomic E-state index is 11.7. The van der Waals surface area contributed by atoms with E-state index < -0.39 is 26.6 Å². The maximum absolute atomic E-state index is 11.7. The third kappa shape index (κ3) is 2.46. The van der Waals surface area contributed by atoms with E-state index >= 15 is 0 Å². The normalized spacial score (nSPS) is 16.1. The highest BCUT2D eigenvalue weighted by Crippen LogP contribution is 2.32. The number of carbonyl (C=O) groups is 1. The van der Waals surface area contributed by atoms with Gasteiger partial charge in [-0.1, -0.05) is 33.8 Å². The van der Waals surface area contributed by atoms with Gasteiger partial charge in [0.25, 0.3) is 10.1 Å². The summed E-state index contributed by atoms with van der Waals surface area (Å²) in [6, 6.07) is 0. The topological polar surface area (TPSA) is 71.4 Å². The number of hydrogen-bond acceptors (Lipinski definition) is 3. The van der Waals surface area contributed by atoms with Crippen molar-refractivity contribution in [1.82, 2.24) is 0 Å². The first-order valence-electron chi connectivity index (χ1n) is 4.88. The lowest BCUT2D eigenvalue weighted by molar-refractivity contribution is -0.118. The highest BCUT2D eigenvalue weighted by Gasteiger charge is 2.50. The van der Waals surface area contributed by atoms with E-state index in [-0.39, 0.29) is 6.42 Å². The van der Waals surface area contributed by atoms with Crippen molar-refractivity contribution in [3.8, 4) is 0 Å². The average molecular weight is 234 g/mol. The van der Waals surface area contributed by atoms with E-state index in [4.69, 9.17) is 0 Å². The molecule has 0 heterocycles. The molecule has 0 aliphatic rings. The Kier molecular flexibility index (Phi) is 4.67. The summed E-state index contributed by atoms with van der Waals surface area (Å²) in [6.07, 6.45) is 1.56. The fourth-order valence-corrected chi connectivity index (χ4v) is 3.19. The van der Waals surface area contributed by atoms with Crippen LogP contribution in [0.5, 0.6) is 0 Å². The van der Waals surface area contributed by atoms with Crippen molar-refractivity contribution in [2.45, 2.75) is 38.4 Å². The molecule has 5 heteroatoms. The predicted octanol–water partition coefficient (Wildman–Crippen LogP) is 1.82. The molecule has 0 aliphatic carbocycles. The SMILES string of the molecule is C=CC(=O)C(CCC)(C(C)C)S(=O)(=O)O. The molecule has 0 fully saturated rings. The third-order valence-corrected chi connectivity index (χ3v) is 4.41. The molecule has 1 unspecified atom stereocenters. The highest BCUT2D eigenvalue weighted by atomic mass is 32.2. The van der Waals surface area contributed by atoms with Gasteiger partial charge in [-0.15, -0.1) is 0 Å². The zero-order valence-corrected chi connectivity index (χ0v) is 10.2. The van der Waals surface area contributed by atoms with Crippen LogP contribution in [0.3, 0.4) is 0 Å². The number of hydrogen-bond donors (Lipinski definition) is 1. The quantitative estimate of drug-likeness (QED) is 0.562. The summed E-state index contributed by atoms with van der Waals surface area (Å²) >= 11 is 0. The number of carbonyl (C=O) groups excluding carboxylic acids is 1. The summed E-state index contributed by atoms with van der Waals surface area (Å²) in [5.41, 5.74) is 0. The molecule has 88 valence electrons. The van der Waals surface area contributed by atoms with Crippen LogP contribution in [0.25, 0.3) is 0 Å². The monoisotopic (exact) mass is 234 g/mol. The minimum atomic E-state index is -4.42. The summed E-state index contributed by atoms with van der Waals surface area (Å²) in [7, 11) is -4.42. The Balaban J connectivity index is 5.70. The minimum absolute atomic E-state index is 0.106. The van der Waals surface area contributed by atoms with Crippen LogP contribution < -0.4 is 0 Å². The molecular formula is C10H18O4S. The third-order valence-electron chi connectivity index (χ3n) is 2.62. The molecule has 0 aliphatic heterocycles. The van der Waals surface area contributed by atoms with Crippen LogP contribution in [-0.2, 0) is 14.9 Å². The highest BCUT2D eigenvalue weighted by molar-refractivity contribution is 7.88. The molecule has 0 saturated carbocycles. The van der Waals surface area contributed by atoms with Gasteiger partial charge in [-0.05, 0) is 18.4 Å². The lowest BCUT2D eigenvalue weighted by Gasteiger charge is -2.31. The van der Waals surface area contributed by atoms with Crippen molar-refractivity contribution in [3.05, 3.63) is 12.7 Å². The Hall–Kier alpha value is -0.680. The molecule has 0 aromatic heterocycles. The second-order valence-electron chi connectivity index (χ2n) is 3.84. The second-order valence-corrected chi connectivity index (χ2v) is 5.52. The Labute approximate surface area is 91.1 Å². The molecule has 1 N–H and O–H groups in total. The van der Waals surface area contributed by atoms with Gasteiger partial charge in [-0.25, -0.2) is 0 Å². The summed E-state index contributed by atoms with van der Waals surface area (Å²) < 4.78 is 30.2. The van der Waals surface area contributed by atoms with Crippen LogP contribution in [0.4, 0.5) is 0 Å². The fourth-order valence-electron chi connectivity index (χ4n) is 1.79. The van der Waals surface area contributed by atoms with E-state index in [2.05, 4.69) is 6.58 Å². The first-order valence-corrected chi connectivity index (χ1v) is 6.32. The summed E-state index contributed by atoms with van der Waals surface area (Å²) in [4.78, 5) is 11.7. The number of allylic oxidation sites excluding steroid dienone is 1. The van der Waals surface area contributed by atoms with Gasteiger partial charge in [0.1, 0.15) is 0 Å². The van der Waals surface area contributed by atoms with Gasteiger partial charge < -0.3 is 0 Å². The number of rotatable bonds is 6. The number of ketones is 1. The van der Waals surface area contributed by atoms with Crippen molar-refractivity contribution in [3.63, 3.8) is 0 Å². The molecule has 0 aromatic carbocycles. The van der Waals surface area contributed by atoms with Gasteiger partial charge >= 0.3 is 0 Å². The van der Waals surface area contributed by atoms with E-state index in [1.807, 2.05) is 0 Å². The van der Waals surface area contributed by atoms with Gasteiger partial charge in [-0.2, -0.15) is 8.42 Å². The van der Waals surface area contributed by atoms with Gasteiger partial charge in [0.2, 0.25) is 0 Å². The van der Waals surface area contributed by atoms with Crippen LogP contribution in [-0.4, -0.2) is 23.5 Å². The second kappa shape index (κ2) is 4.90. The summed E-state index contributed by atoms with van der Waals surface area (Å²) in [5, 5.41) is 0. The molecule has 0 amide bonds. The molecule has 0 bridgehead atoms. The Morgan fingerprint density at radius 1 is 1.53 bits per heavy atom. The summed E-state index contributed by atoms with van der Waals surface area (Å²) in [6.45, 7) is 8.25. The molecule has 0 aromatic rings. The van der Waals surface area contributed by atoms with Crippen molar-refractivity contribution >= 4 is 15.9 Å². The van der Waals surface area contributed by atoms with Gasteiger partial charge in [0.05, 0.1) is 0 Å². The molecule has 0 saturated heterocycles. The van der Waals surface area contributed by atoms with Gasteiger partial charge in [0.15, 0.2) is 10.5 Å². The lowest BCUT2D eigenvalue weighted by Crippen LogP contribution is -2.49. The zero-order valence-electron chi connectivity index (χ0n) is 9.36. The van der Waals surface area contributed by atoms with Crippen molar-refractivity contribution in [1.29, 1.82) is 0 Å². The van der Waals surface area contributed by atoms with Crippen molar-refractivity contribution in [2.24, 2.45) is 5.92 Å². The largest absolute Gasteiger partial charge is 0.293 e. The predicted molar refractivity (Wildman–Crippen MR) is 59.2 cm³/mol. The van der Waals surface area contributed by atoms with Crippen LogP contribution in [0, 0.1) is 5.92 Å². The van der Waals surface area contributed by atoms with Crippen molar-refractivity contribution in [2.75, 3.05) is 0 Å². The van der Waals surface area contributed by atoms with E-state index in [0.29, 0.717) is 6.42 Å². The molecule has 1 atom stereocenters. The zero-order chi connectivity index (χ0) is 12.3. The molecule has 0 rings (SSSR count). The van der Waals surface area contributed by atoms with Crippen LogP contribution >= 0.6 is 0 Å². The first-order chi connectivity index (χ1) is 6.74. The maximum Gasteiger partial charge on any atom is 0.278 e. The standard InChI is InChI=1S/C10H18O4S/c1-5-7-10(8(3)4,9(11)6-2)15(12,13)14/h6,8H,2,5,7H2,1,3-4H3,(H,12,13,14). The Morgan fingerprint density at radius 3 is 2.20 bits per heavy atom. The molecular weight excluding hydrogens is 216 g/mol. The molecule has 4 nitrogen and oxygen atoms in total. The van der Waals surface area contributed by atoms with Crippen LogP contribution in [0.1, 0.15) is 33.6 Å². The Morgan fingerprint density at radius 2 is 2.00 bits per heavy atom. The molecule has 0 spiro atoms. The van der Waals surface area contributed by atoms with E-state index in [9.17, 15) is 17.8 Å². The lowest BCUT2D eigenvalue weighted by atomic mass is 9.86. The molecule has 15 heavy (non-hydrogen) atoms. The van der Waals surface area contributed by atoms with Gasteiger partial charge in [0, 0.05) is 0 Å². The smallest absolute Gasteiger partial charge is 0.278 e. The van der Waals surface area contributed by atoms with E-state index in [0.717, 1.165) is 6.08 Å². The van der Waals surface area contributed by atoms with Gasteiger partial charge in [-0.3, -0.25) is 9.35 Å². The fraction of sp³-hybridized carbons (Fsp3) is 0.700. The van der Waals surface area contributed by atoms with Crippen molar-refractivity contribution < 1.29 is 17.8 Å². The minimum Gasteiger partial charge on any atom is -0.293 e. The van der Waals surface area contributed by atoms with Crippen LogP contribution in [0.2, 0.25) is 0 Å². The Bertz CT molecular complexity index is 342. The van der Waals surface area contributed by atoms with E-state index in [1.54, 1.807) is 20.8 Å². The molecule has 0 radical (unpaired) electrons. The average Bonchev–Trinajstić information content (AvgIpc) is 2.10. The van der Waals surface area contributed by atoms with E-state index in [1.165, 1.54) is 0 Å².